The van der Waals surface area contributed by atoms with Crippen molar-refractivity contribution in [1.82, 2.24) is 4.31 Å². The maximum Gasteiger partial charge on any atom is 0.337 e. The first kappa shape index (κ1) is 25.6. The van der Waals surface area contributed by atoms with Crippen LogP contribution in [0.5, 0.6) is 5.75 Å². The molecule has 0 heterocycles. The highest BCUT2D eigenvalue weighted by Gasteiger charge is 2.25. The van der Waals surface area contributed by atoms with E-state index in [0.717, 1.165) is 4.31 Å². The molecule has 0 radical (unpaired) electrons. The summed E-state index contributed by atoms with van der Waals surface area (Å²) in [4.78, 5) is 11.0. The molecular weight excluding hydrogens is 432 g/mol. The summed E-state index contributed by atoms with van der Waals surface area (Å²) in [5.41, 5.74) is -0.268. The van der Waals surface area contributed by atoms with Gasteiger partial charge in [0.25, 0.3) is 0 Å². The van der Waals surface area contributed by atoms with Gasteiger partial charge >= 0.3 is 5.97 Å². The molecular formula is C19H26N2O7S2. The molecule has 11 heteroatoms. The van der Waals surface area contributed by atoms with E-state index < -0.39 is 26.0 Å². The van der Waals surface area contributed by atoms with E-state index in [0.29, 0.717) is 12.4 Å². The van der Waals surface area contributed by atoms with E-state index in [2.05, 4.69) is 0 Å². The molecule has 166 valence electrons. The van der Waals surface area contributed by atoms with Gasteiger partial charge in [0.1, 0.15) is 10.6 Å². The minimum absolute atomic E-state index is 0.148. The number of carbonyl (C=O) groups is 1. The first-order chi connectivity index (χ1) is 13.8. The number of carboxylic acid groups (broad SMARTS) is 1. The highest BCUT2D eigenvalue weighted by Crippen LogP contribution is 2.24. The van der Waals surface area contributed by atoms with Crippen molar-refractivity contribution in [2.24, 2.45) is 11.1 Å². The van der Waals surface area contributed by atoms with Gasteiger partial charge in [0.2, 0.25) is 20.0 Å². The summed E-state index contributed by atoms with van der Waals surface area (Å²) in [6, 6.07) is 11.8. The highest BCUT2D eigenvalue weighted by atomic mass is 32.2. The molecule has 0 aliphatic heterocycles. The van der Waals surface area contributed by atoms with E-state index in [4.69, 9.17) is 15.0 Å². The van der Waals surface area contributed by atoms with E-state index in [1.54, 1.807) is 18.2 Å². The third-order valence-corrected chi connectivity index (χ3v) is 6.38. The largest absolute Gasteiger partial charge is 0.493 e. The van der Waals surface area contributed by atoms with Crippen molar-refractivity contribution in [2.45, 2.75) is 23.6 Å². The molecule has 0 atom stereocenters. The van der Waals surface area contributed by atoms with Crippen molar-refractivity contribution < 1.29 is 31.5 Å². The summed E-state index contributed by atoms with van der Waals surface area (Å²) in [6.07, 6.45) is 0. The molecule has 0 aromatic heterocycles. The van der Waals surface area contributed by atoms with E-state index in [1.165, 1.54) is 44.4 Å². The summed E-state index contributed by atoms with van der Waals surface area (Å²) in [6.45, 7) is 4.35. The Morgan fingerprint density at radius 3 is 2.03 bits per heavy atom. The van der Waals surface area contributed by atoms with Crippen LogP contribution in [0.1, 0.15) is 24.2 Å². The van der Waals surface area contributed by atoms with Gasteiger partial charge in [-0.1, -0.05) is 32.0 Å². The highest BCUT2D eigenvalue weighted by molar-refractivity contribution is 7.89. The predicted molar refractivity (Wildman–Crippen MR) is 112 cm³/mol. The molecule has 9 nitrogen and oxygen atoms in total. The van der Waals surface area contributed by atoms with Crippen molar-refractivity contribution >= 4 is 26.0 Å². The van der Waals surface area contributed by atoms with Crippen molar-refractivity contribution in [2.75, 3.05) is 20.7 Å². The van der Waals surface area contributed by atoms with E-state index in [-0.39, 0.29) is 21.3 Å². The van der Waals surface area contributed by atoms with Crippen LogP contribution in [0, 0.1) is 5.92 Å². The Bertz CT molecular complexity index is 1070. The van der Waals surface area contributed by atoms with Crippen LogP contribution in [-0.2, 0) is 20.0 Å². The molecule has 0 saturated heterocycles. The number of aromatic carboxylic acids is 1. The van der Waals surface area contributed by atoms with Gasteiger partial charge in [0, 0.05) is 20.2 Å². The Morgan fingerprint density at radius 1 is 1.07 bits per heavy atom. The Kier molecular flexibility index (Phi) is 8.97. The van der Waals surface area contributed by atoms with Crippen LogP contribution in [0.3, 0.4) is 0 Å². The first-order valence-corrected chi connectivity index (χ1v) is 11.8. The number of nitrogens with two attached hydrogens (primary N) is 1. The topological polar surface area (TPSA) is 144 Å². The third kappa shape index (κ3) is 7.41. The Morgan fingerprint density at radius 2 is 1.63 bits per heavy atom. The summed E-state index contributed by atoms with van der Waals surface area (Å²) >= 11 is 0. The number of sulfonamides is 2. The lowest BCUT2D eigenvalue weighted by atomic mass is 10.2. The minimum Gasteiger partial charge on any atom is -0.493 e. The smallest absolute Gasteiger partial charge is 0.337 e. The quantitative estimate of drug-likeness (QED) is 0.645. The Balaban J connectivity index is 0.000000375. The zero-order valence-electron chi connectivity index (χ0n) is 17.1. The minimum atomic E-state index is -3.84. The van der Waals surface area contributed by atoms with Crippen molar-refractivity contribution in [3.05, 3.63) is 54.1 Å². The maximum absolute atomic E-state index is 12.2. The molecule has 0 aliphatic rings. The SMILES string of the molecule is CC(C)COc1ccc(C(=O)O)c(S(=O)(=O)N(C)C)c1.NS(=O)(=O)c1ccccc1. The summed E-state index contributed by atoms with van der Waals surface area (Å²) in [7, 11) is -4.64. The van der Waals surface area contributed by atoms with Gasteiger partial charge in [-0.15, -0.1) is 0 Å². The number of nitrogens with zero attached hydrogens (tertiary/aromatic N) is 1. The lowest BCUT2D eigenvalue weighted by molar-refractivity contribution is 0.0692. The van der Waals surface area contributed by atoms with Gasteiger partial charge in [-0.2, -0.15) is 0 Å². The Hall–Kier alpha value is -2.47. The fourth-order valence-corrected chi connectivity index (χ4v) is 3.68. The maximum atomic E-state index is 12.2. The van der Waals surface area contributed by atoms with Crippen molar-refractivity contribution in [1.29, 1.82) is 0 Å². The predicted octanol–water partition coefficient (Wildman–Crippen LogP) is 2.00. The van der Waals surface area contributed by atoms with Gasteiger partial charge in [-0.3, -0.25) is 0 Å². The van der Waals surface area contributed by atoms with E-state index in [1.807, 2.05) is 13.8 Å². The summed E-state index contributed by atoms with van der Waals surface area (Å²) in [5, 5.41) is 13.9. The lowest BCUT2D eigenvalue weighted by Crippen LogP contribution is -2.24. The average molecular weight is 459 g/mol. The lowest BCUT2D eigenvalue weighted by Gasteiger charge is -2.15. The van der Waals surface area contributed by atoms with Crippen molar-refractivity contribution in [3.63, 3.8) is 0 Å². The number of carboxylic acids is 1. The monoisotopic (exact) mass is 458 g/mol. The van der Waals surface area contributed by atoms with Crippen LogP contribution in [0.15, 0.2) is 58.3 Å². The molecule has 3 N–H and O–H groups in total. The van der Waals surface area contributed by atoms with Gasteiger partial charge in [-0.05, 0) is 30.2 Å². The number of ether oxygens (including phenoxy) is 1. The van der Waals surface area contributed by atoms with E-state index >= 15 is 0 Å². The molecule has 0 aliphatic carbocycles. The van der Waals surface area contributed by atoms with Gasteiger partial charge in [-0.25, -0.2) is 31.1 Å². The van der Waals surface area contributed by atoms with Crippen molar-refractivity contribution in [3.8, 4) is 5.75 Å². The first-order valence-electron chi connectivity index (χ1n) is 8.77. The standard InChI is InChI=1S/C13H19NO5S.C6H7NO2S/c1-9(2)8-19-10-5-6-11(13(15)16)12(7-10)20(17,18)14(3)4;7-10(8,9)6-4-2-1-3-5-6/h5-7,9H,8H2,1-4H3,(H,15,16);1-5H,(H2,7,8,9). The zero-order valence-corrected chi connectivity index (χ0v) is 18.8. The second-order valence-electron chi connectivity index (χ2n) is 6.81. The Labute approximate surface area is 177 Å². The molecule has 0 unspecified atom stereocenters. The number of hydrogen-bond donors (Lipinski definition) is 2. The van der Waals surface area contributed by atoms with Crippen LogP contribution in [0.2, 0.25) is 0 Å². The van der Waals surface area contributed by atoms with Crippen LogP contribution in [-0.4, -0.2) is 52.9 Å². The molecule has 2 rings (SSSR count). The van der Waals surface area contributed by atoms with Crippen LogP contribution in [0.4, 0.5) is 0 Å². The number of benzene rings is 2. The molecule has 2 aromatic rings. The molecule has 0 spiro atoms. The van der Waals surface area contributed by atoms with Crippen LogP contribution >= 0.6 is 0 Å². The fourth-order valence-electron chi connectivity index (χ4n) is 2.05. The summed E-state index contributed by atoms with van der Waals surface area (Å²) in [5.74, 6) is -0.673. The third-order valence-electron chi connectivity index (χ3n) is 3.60. The second-order valence-corrected chi connectivity index (χ2v) is 10.5. The number of hydrogen-bond acceptors (Lipinski definition) is 6. The van der Waals surface area contributed by atoms with E-state index in [9.17, 15) is 21.6 Å². The van der Waals surface area contributed by atoms with Crippen LogP contribution < -0.4 is 9.88 Å². The molecule has 0 bridgehead atoms. The fraction of sp³-hybridized carbons (Fsp3) is 0.316. The molecule has 30 heavy (non-hydrogen) atoms. The normalized spacial score (nSPS) is 11.7. The van der Waals surface area contributed by atoms with Gasteiger partial charge in [0.15, 0.2) is 0 Å². The molecule has 0 fully saturated rings. The zero-order chi connectivity index (χ0) is 23.1. The van der Waals surface area contributed by atoms with Crippen LogP contribution in [0.25, 0.3) is 0 Å². The number of primary sulfonamides is 1. The average Bonchev–Trinajstić information content (AvgIpc) is 2.66. The molecule has 0 saturated carbocycles. The molecule has 0 amide bonds. The van der Waals surface area contributed by atoms with Gasteiger partial charge < -0.3 is 9.84 Å². The molecule has 2 aromatic carbocycles. The second kappa shape index (κ2) is 10.5. The van der Waals surface area contributed by atoms with Gasteiger partial charge in [0.05, 0.1) is 17.1 Å². The summed E-state index contributed by atoms with van der Waals surface area (Å²) < 4.78 is 51.9. The number of rotatable bonds is 7.